The van der Waals surface area contributed by atoms with Gasteiger partial charge in [-0.15, -0.1) is 11.3 Å². The third-order valence-corrected chi connectivity index (χ3v) is 2.88. The molecule has 10 heteroatoms. The fourth-order valence-corrected chi connectivity index (χ4v) is 1.80. The number of carbonyl (C=O) groups excluding carboxylic acids is 1. The van der Waals surface area contributed by atoms with E-state index in [4.69, 9.17) is 5.11 Å². The maximum absolute atomic E-state index is 12.5. The number of aromatic carboxylic acids is 1. The van der Waals surface area contributed by atoms with Crippen molar-refractivity contribution < 1.29 is 32.3 Å². The fraction of sp³-hybridized carbons (Fsp3) is 0.444. The predicted molar refractivity (Wildman–Crippen MR) is 56.7 cm³/mol. The molecule has 0 aromatic carbocycles. The van der Waals surface area contributed by atoms with Gasteiger partial charge < -0.3 is 10.4 Å². The Hall–Kier alpha value is -1.71. The summed E-state index contributed by atoms with van der Waals surface area (Å²) in [6, 6.07) is 0. The number of carbonyl (C=O) groups is 2. The molecule has 0 saturated carbocycles. The summed E-state index contributed by atoms with van der Waals surface area (Å²) in [5.74, 6) is -8.05. The van der Waals surface area contributed by atoms with E-state index in [1.165, 1.54) is 5.38 Å². The van der Waals surface area contributed by atoms with Crippen LogP contribution in [0.25, 0.3) is 0 Å². The predicted octanol–water partition coefficient (Wildman–Crippen LogP) is 1.40. The molecule has 1 heterocycles. The molecule has 1 rings (SSSR count). The van der Waals surface area contributed by atoms with E-state index in [9.17, 15) is 27.2 Å². The van der Waals surface area contributed by atoms with Crippen LogP contribution in [0, 0.1) is 0 Å². The average Bonchev–Trinajstić information content (AvgIpc) is 2.77. The largest absolute Gasteiger partial charge is 0.476 e. The van der Waals surface area contributed by atoms with Gasteiger partial charge in [-0.3, -0.25) is 4.79 Å². The molecule has 0 aliphatic heterocycles. The summed E-state index contributed by atoms with van der Waals surface area (Å²) in [5.41, 5.74) is -0.204. The number of carboxylic acid groups (broad SMARTS) is 1. The minimum atomic E-state index is -4.74. The maximum Gasteiger partial charge on any atom is 0.383 e. The Bertz CT molecular complexity index is 478. The summed E-state index contributed by atoms with van der Waals surface area (Å²) in [7, 11) is 0. The molecule has 1 aromatic rings. The number of alkyl halides is 4. The molecule has 19 heavy (non-hydrogen) atoms. The van der Waals surface area contributed by atoms with Crippen LogP contribution in [0.5, 0.6) is 0 Å². The van der Waals surface area contributed by atoms with E-state index in [2.05, 4.69) is 4.98 Å². The number of amides is 1. The van der Waals surface area contributed by atoms with Crippen LogP contribution in [0.3, 0.4) is 0 Å². The molecule has 0 aliphatic carbocycles. The second-order valence-corrected chi connectivity index (χ2v) is 4.30. The molecule has 0 unspecified atom stereocenters. The molecule has 1 aromatic heterocycles. The number of halogens is 4. The second kappa shape index (κ2) is 5.95. The number of thiazole rings is 1. The molecule has 1 amide bonds. The van der Waals surface area contributed by atoms with Crippen LogP contribution in [0.1, 0.15) is 15.5 Å². The highest BCUT2D eigenvalue weighted by Gasteiger charge is 2.48. The summed E-state index contributed by atoms with van der Waals surface area (Å²) in [4.78, 5) is 24.9. The van der Waals surface area contributed by atoms with Crippen LogP contribution >= 0.6 is 11.3 Å². The minimum Gasteiger partial charge on any atom is -0.476 e. The minimum absolute atomic E-state index is 0.0248. The molecule has 0 radical (unpaired) electrons. The monoisotopic (exact) mass is 300 g/mol. The van der Waals surface area contributed by atoms with Crippen molar-refractivity contribution in [3.8, 4) is 0 Å². The van der Waals surface area contributed by atoms with Gasteiger partial charge in [0.2, 0.25) is 0 Å². The smallest absolute Gasteiger partial charge is 0.383 e. The first-order valence-corrected chi connectivity index (χ1v) is 5.75. The van der Waals surface area contributed by atoms with E-state index in [0.29, 0.717) is 0 Å². The van der Waals surface area contributed by atoms with E-state index in [0.717, 1.165) is 11.3 Å². The highest BCUT2D eigenvalue weighted by Crippen LogP contribution is 2.22. The number of aromatic nitrogens is 1. The first-order valence-electron chi connectivity index (χ1n) is 4.87. The zero-order valence-corrected chi connectivity index (χ0v) is 10.0. The molecule has 0 spiro atoms. The van der Waals surface area contributed by atoms with Crippen molar-refractivity contribution in [1.82, 2.24) is 10.3 Å². The van der Waals surface area contributed by atoms with Gasteiger partial charge in [-0.25, -0.2) is 18.6 Å². The van der Waals surface area contributed by atoms with Gasteiger partial charge in [-0.1, -0.05) is 0 Å². The maximum atomic E-state index is 12.5. The van der Waals surface area contributed by atoms with Gasteiger partial charge in [0.15, 0.2) is 5.69 Å². The standard InChI is InChI=1S/C9H8F4N2O3S/c10-7(11)9(12,13)8(18)14-2-1-5-15-4(3-19-5)6(16)17/h3,7H,1-2H2,(H,14,18)(H,16,17). The molecule has 0 saturated heterocycles. The van der Waals surface area contributed by atoms with Crippen molar-refractivity contribution in [2.45, 2.75) is 18.8 Å². The Morgan fingerprint density at radius 1 is 1.47 bits per heavy atom. The molecule has 0 fully saturated rings. The normalized spacial score (nSPS) is 11.6. The third kappa shape index (κ3) is 3.88. The highest BCUT2D eigenvalue weighted by atomic mass is 32.1. The van der Waals surface area contributed by atoms with E-state index in [1.807, 2.05) is 0 Å². The summed E-state index contributed by atoms with van der Waals surface area (Å²) in [6.45, 7) is -0.340. The second-order valence-electron chi connectivity index (χ2n) is 3.36. The van der Waals surface area contributed by atoms with Crippen molar-refractivity contribution in [3.05, 3.63) is 16.1 Å². The van der Waals surface area contributed by atoms with Crippen LogP contribution in [0.4, 0.5) is 17.6 Å². The van der Waals surface area contributed by atoms with Crippen molar-refractivity contribution in [2.24, 2.45) is 0 Å². The number of nitrogens with zero attached hydrogens (tertiary/aromatic N) is 1. The third-order valence-electron chi connectivity index (χ3n) is 1.97. The van der Waals surface area contributed by atoms with Crippen molar-refractivity contribution >= 4 is 23.2 Å². The van der Waals surface area contributed by atoms with Gasteiger partial charge >= 0.3 is 18.3 Å². The zero-order valence-electron chi connectivity index (χ0n) is 9.20. The molecule has 5 nitrogen and oxygen atoms in total. The number of hydrogen-bond acceptors (Lipinski definition) is 4. The van der Waals surface area contributed by atoms with Crippen molar-refractivity contribution in [3.63, 3.8) is 0 Å². The number of rotatable bonds is 6. The van der Waals surface area contributed by atoms with Gasteiger partial charge in [0.05, 0.1) is 5.01 Å². The summed E-state index contributed by atoms with van der Waals surface area (Å²) < 4.78 is 48.7. The van der Waals surface area contributed by atoms with E-state index in [-0.39, 0.29) is 23.7 Å². The lowest BCUT2D eigenvalue weighted by molar-refractivity contribution is -0.169. The van der Waals surface area contributed by atoms with Crippen molar-refractivity contribution in [1.29, 1.82) is 0 Å². The highest BCUT2D eigenvalue weighted by molar-refractivity contribution is 7.09. The van der Waals surface area contributed by atoms with Gasteiger partial charge in [-0.05, 0) is 0 Å². The lowest BCUT2D eigenvalue weighted by atomic mass is 10.3. The van der Waals surface area contributed by atoms with Gasteiger partial charge in [0.1, 0.15) is 0 Å². The lowest BCUT2D eigenvalue weighted by Gasteiger charge is -2.14. The Kier molecular flexibility index (Phi) is 4.81. The number of hydrogen-bond donors (Lipinski definition) is 2. The van der Waals surface area contributed by atoms with Crippen LogP contribution in [-0.4, -0.2) is 40.9 Å². The van der Waals surface area contributed by atoms with Gasteiger partial charge in [-0.2, -0.15) is 8.78 Å². The number of carboxylic acids is 1. The Balaban J connectivity index is 2.46. The molecular formula is C9H8F4N2O3S. The molecule has 0 bridgehead atoms. The first kappa shape index (κ1) is 15.3. The topological polar surface area (TPSA) is 79.3 Å². The zero-order chi connectivity index (χ0) is 14.6. The lowest BCUT2D eigenvalue weighted by Crippen LogP contribution is -2.45. The summed E-state index contributed by atoms with van der Waals surface area (Å²) in [6.07, 6.45) is -4.10. The van der Waals surface area contributed by atoms with E-state index >= 15 is 0 Å². The summed E-state index contributed by atoms with van der Waals surface area (Å²) in [5, 5.41) is 11.7. The van der Waals surface area contributed by atoms with Crippen molar-refractivity contribution in [2.75, 3.05) is 6.54 Å². The Labute approximate surface area is 108 Å². The van der Waals surface area contributed by atoms with Gasteiger partial charge in [0.25, 0.3) is 5.91 Å². The molecule has 106 valence electrons. The molecular weight excluding hydrogens is 292 g/mol. The SMILES string of the molecule is O=C(O)c1csc(CCNC(=O)C(F)(F)C(F)F)n1. The average molecular weight is 300 g/mol. The van der Waals surface area contributed by atoms with E-state index < -0.39 is 24.2 Å². The first-order chi connectivity index (χ1) is 8.75. The van der Waals surface area contributed by atoms with Crippen LogP contribution < -0.4 is 5.32 Å². The molecule has 0 atom stereocenters. The van der Waals surface area contributed by atoms with Crippen LogP contribution in [0.15, 0.2) is 5.38 Å². The molecule has 2 N–H and O–H groups in total. The van der Waals surface area contributed by atoms with Gasteiger partial charge in [0, 0.05) is 18.3 Å². The summed E-state index contributed by atoms with van der Waals surface area (Å²) >= 11 is 0.964. The van der Waals surface area contributed by atoms with Crippen LogP contribution in [-0.2, 0) is 11.2 Å². The fourth-order valence-electron chi connectivity index (χ4n) is 1.02. The van der Waals surface area contributed by atoms with Crippen LogP contribution in [0.2, 0.25) is 0 Å². The Morgan fingerprint density at radius 2 is 2.11 bits per heavy atom. The Morgan fingerprint density at radius 3 is 2.58 bits per heavy atom. The van der Waals surface area contributed by atoms with E-state index in [1.54, 1.807) is 5.32 Å². The number of nitrogens with one attached hydrogen (secondary N) is 1. The molecule has 0 aliphatic rings. The quantitative estimate of drug-likeness (QED) is 0.778.